The van der Waals surface area contributed by atoms with E-state index in [9.17, 15) is 28.0 Å². The van der Waals surface area contributed by atoms with Crippen molar-refractivity contribution in [3.05, 3.63) is 35.5 Å². The first-order valence-corrected chi connectivity index (χ1v) is 9.35. The van der Waals surface area contributed by atoms with Gasteiger partial charge in [0, 0.05) is 0 Å². The van der Waals surface area contributed by atoms with Crippen LogP contribution in [0.2, 0.25) is 0 Å². The van der Waals surface area contributed by atoms with Crippen molar-refractivity contribution in [3.63, 3.8) is 0 Å². The molecule has 0 fully saturated rings. The van der Waals surface area contributed by atoms with E-state index in [1.807, 2.05) is 0 Å². The zero-order chi connectivity index (χ0) is 21.6. The monoisotopic (exact) mass is 429 g/mol. The van der Waals surface area contributed by atoms with Crippen LogP contribution in [0.1, 0.15) is 6.42 Å². The molecule has 0 bridgehead atoms. The van der Waals surface area contributed by atoms with Gasteiger partial charge in [-0.1, -0.05) is 18.2 Å². The van der Waals surface area contributed by atoms with Gasteiger partial charge in [0.05, 0.1) is 16.5 Å². The first-order chi connectivity index (χ1) is 13.6. The molecule has 156 valence electrons. The molecule has 2 rings (SSSR count). The Hall–Kier alpha value is -3.68. The third-order valence-electron chi connectivity index (χ3n) is 3.41. The van der Waals surface area contributed by atoms with Gasteiger partial charge in [0.25, 0.3) is 9.84 Å². The summed E-state index contributed by atoms with van der Waals surface area (Å²) in [5.41, 5.74) is 0. The Morgan fingerprint density at radius 2 is 1.72 bits per heavy atom. The van der Waals surface area contributed by atoms with Crippen molar-refractivity contribution in [3.8, 4) is 5.88 Å². The van der Waals surface area contributed by atoms with Gasteiger partial charge in [-0.15, -0.1) is 0 Å². The second-order valence-electron chi connectivity index (χ2n) is 5.49. The summed E-state index contributed by atoms with van der Waals surface area (Å²) >= 11 is 0. The van der Waals surface area contributed by atoms with Crippen molar-refractivity contribution in [1.29, 1.82) is 0 Å². The van der Waals surface area contributed by atoms with E-state index in [4.69, 9.17) is 14.9 Å². The number of nitrogens with zero attached hydrogens (tertiary/aromatic N) is 3. The van der Waals surface area contributed by atoms with E-state index in [1.54, 1.807) is 6.07 Å². The smallest absolute Gasteiger partial charge is 0.414 e. The van der Waals surface area contributed by atoms with Crippen LogP contribution in [0.5, 0.6) is 5.88 Å². The molecule has 2 N–H and O–H groups in total. The number of amides is 1. The molecule has 13 nitrogen and oxygen atoms in total. The quantitative estimate of drug-likeness (QED) is 0.436. The molecular formula is C15H15N3O10S. The average molecular weight is 429 g/mol. The Bertz CT molecular complexity index is 987. The van der Waals surface area contributed by atoms with Crippen LogP contribution in [0.3, 0.4) is 0 Å². The van der Waals surface area contributed by atoms with E-state index < -0.39 is 64.7 Å². The lowest BCUT2D eigenvalue weighted by Crippen LogP contribution is -2.39. The van der Waals surface area contributed by atoms with E-state index in [0.29, 0.717) is 4.90 Å². The molecule has 14 heteroatoms. The highest BCUT2D eigenvalue weighted by Gasteiger charge is 2.35. The van der Waals surface area contributed by atoms with Gasteiger partial charge in [-0.2, -0.15) is 0 Å². The Balaban J connectivity index is 2.12. The third kappa shape index (κ3) is 5.41. The molecule has 0 saturated carbocycles. The van der Waals surface area contributed by atoms with Crippen molar-refractivity contribution in [2.24, 2.45) is 0 Å². The van der Waals surface area contributed by atoms with Crippen molar-refractivity contribution in [2.75, 3.05) is 19.7 Å². The van der Waals surface area contributed by atoms with Gasteiger partial charge in [-0.25, -0.2) is 8.42 Å². The number of aromatic nitrogens is 2. The van der Waals surface area contributed by atoms with Crippen LogP contribution in [-0.4, -0.2) is 66.2 Å². The lowest BCUT2D eigenvalue weighted by atomic mass is 10.3. The number of carboxylic acids is 2. The van der Waals surface area contributed by atoms with E-state index in [-0.39, 0.29) is 9.80 Å². The van der Waals surface area contributed by atoms with Gasteiger partial charge in [0.2, 0.25) is 5.91 Å². The van der Waals surface area contributed by atoms with Crippen LogP contribution in [0, 0.1) is 5.21 Å². The fourth-order valence-electron chi connectivity index (χ4n) is 2.19. The summed E-state index contributed by atoms with van der Waals surface area (Å²) in [5.74, 6) is -4.40. The minimum atomic E-state index is -4.34. The highest BCUT2D eigenvalue weighted by Crippen LogP contribution is 2.24. The number of hydrogen-bond acceptors (Lipinski definition) is 9. The molecule has 0 saturated heterocycles. The molecule has 2 aromatic rings. The second kappa shape index (κ2) is 9.01. The molecule has 0 radical (unpaired) electrons. The summed E-state index contributed by atoms with van der Waals surface area (Å²) in [5, 5.41) is 31.5. The van der Waals surface area contributed by atoms with Gasteiger partial charge < -0.3 is 25.1 Å². The van der Waals surface area contributed by atoms with Crippen molar-refractivity contribution in [1.82, 2.24) is 10.1 Å². The molecule has 1 aromatic heterocycles. The molecule has 1 amide bonds. The Morgan fingerprint density at radius 3 is 2.28 bits per heavy atom. The molecule has 1 aromatic carbocycles. The zero-order valence-corrected chi connectivity index (χ0v) is 15.4. The molecule has 0 aliphatic rings. The number of hydrogen-bond donors (Lipinski definition) is 2. The highest BCUT2D eigenvalue weighted by atomic mass is 32.2. The minimum absolute atomic E-state index is 0.220. The van der Waals surface area contributed by atoms with Gasteiger partial charge >= 0.3 is 22.8 Å². The summed E-state index contributed by atoms with van der Waals surface area (Å²) in [6.45, 7) is -2.20. The van der Waals surface area contributed by atoms with Crippen LogP contribution in [0.4, 0.5) is 0 Å². The summed E-state index contributed by atoms with van der Waals surface area (Å²) in [7, 11) is -4.34. The zero-order valence-electron chi connectivity index (χ0n) is 14.6. The summed E-state index contributed by atoms with van der Waals surface area (Å²) < 4.78 is 34.5. The predicted molar refractivity (Wildman–Crippen MR) is 89.3 cm³/mol. The fraction of sp³-hybridized carbons (Fsp3) is 0.267. The molecule has 0 aliphatic carbocycles. The number of carboxylic acid groups (broad SMARTS) is 2. The number of carbonyl (C=O) groups excluding carboxylic acids is 1. The third-order valence-corrected chi connectivity index (χ3v) is 5.14. The van der Waals surface area contributed by atoms with Crippen LogP contribution >= 0.6 is 0 Å². The first-order valence-electron chi connectivity index (χ1n) is 7.87. The Morgan fingerprint density at radius 1 is 1.14 bits per heavy atom. The highest BCUT2D eigenvalue weighted by molar-refractivity contribution is 7.91. The molecule has 29 heavy (non-hydrogen) atoms. The molecule has 0 spiro atoms. The SMILES string of the molecule is O=C(O)CN(CC(=O)O)C(=O)CCOc1no[n+]([O-])c1S(=O)(=O)c1ccccc1. The maximum Gasteiger partial charge on any atom is 0.414 e. The standard InChI is InChI=1S/C15H15N3O10S/c19-11(17(8-12(20)21)9-13(22)23)6-7-27-14-15(18(24)28-16-14)29(25,26)10-4-2-1-3-5-10/h1-5H,6-9H2,(H,20,21)(H,22,23). The first kappa shape index (κ1) is 21.6. The van der Waals surface area contributed by atoms with E-state index in [2.05, 4.69) is 9.79 Å². The van der Waals surface area contributed by atoms with Crippen molar-refractivity contribution >= 4 is 27.7 Å². The summed E-state index contributed by atoms with van der Waals surface area (Å²) in [6.07, 6.45) is -0.503. The van der Waals surface area contributed by atoms with Crippen molar-refractivity contribution < 1.29 is 47.3 Å². The molecule has 0 aliphatic heterocycles. The number of rotatable bonds is 10. The second-order valence-corrected chi connectivity index (χ2v) is 7.36. The topological polar surface area (TPSA) is 191 Å². The average Bonchev–Trinajstić information content (AvgIpc) is 3.02. The van der Waals surface area contributed by atoms with Crippen LogP contribution in [0.15, 0.2) is 44.9 Å². The number of sulfone groups is 1. The number of ether oxygens (including phenoxy) is 1. The van der Waals surface area contributed by atoms with Gasteiger partial charge in [0.15, 0.2) is 0 Å². The van der Waals surface area contributed by atoms with E-state index in [1.165, 1.54) is 24.3 Å². The normalized spacial score (nSPS) is 11.0. The van der Waals surface area contributed by atoms with Crippen molar-refractivity contribution in [2.45, 2.75) is 16.3 Å². The largest absolute Gasteiger partial charge is 0.480 e. The summed E-state index contributed by atoms with van der Waals surface area (Å²) in [4.78, 5) is 33.5. The van der Waals surface area contributed by atoms with Crippen LogP contribution in [0.25, 0.3) is 0 Å². The minimum Gasteiger partial charge on any atom is -0.480 e. The van der Waals surface area contributed by atoms with E-state index >= 15 is 0 Å². The fourth-order valence-corrected chi connectivity index (χ4v) is 3.49. The lowest BCUT2D eigenvalue weighted by Gasteiger charge is -2.18. The molecule has 0 unspecified atom stereocenters. The number of benzene rings is 1. The van der Waals surface area contributed by atoms with Gasteiger partial charge in [-0.05, 0) is 17.0 Å². The molecule has 1 heterocycles. The van der Waals surface area contributed by atoms with Crippen LogP contribution in [-0.2, 0) is 24.2 Å². The lowest BCUT2D eigenvalue weighted by molar-refractivity contribution is -0.832. The van der Waals surface area contributed by atoms with Crippen LogP contribution < -0.4 is 9.64 Å². The van der Waals surface area contributed by atoms with E-state index in [0.717, 1.165) is 0 Å². The maximum absolute atomic E-state index is 12.6. The molecule has 0 atom stereocenters. The Kier molecular flexibility index (Phi) is 6.71. The van der Waals surface area contributed by atoms with Gasteiger partial charge in [-0.3, -0.25) is 19.0 Å². The Labute approximate surface area is 163 Å². The predicted octanol–water partition coefficient (Wildman–Crippen LogP) is -1.09. The molecular weight excluding hydrogens is 414 g/mol. The number of aliphatic carboxylic acids is 2. The summed E-state index contributed by atoms with van der Waals surface area (Å²) in [6, 6.07) is 6.93. The maximum atomic E-state index is 12.6. The number of carbonyl (C=O) groups is 3. The van der Waals surface area contributed by atoms with Gasteiger partial charge in [0.1, 0.15) is 19.7 Å².